The fraction of sp³-hybridized carbons (Fsp3) is 0.346. The number of benzene rings is 2. The molecule has 0 amide bonds. The second kappa shape index (κ2) is 6.87. The van der Waals surface area contributed by atoms with Crippen molar-refractivity contribution >= 4 is 17.0 Å². The van der Waals surface area contributed by atoms with Gasteiger partial charge in [-0.1, -0.05) is 12.1 Å². The van der Waals surface area contributed by atoms with Crippen LogP contribution in [0.25, 0.3) is 28.2 Å². The second-order valence-electron chi connectivity index (χ2n) is 9.53. The molecule has 2 aromatic carbocycles. The van der Waals surface area contributed by atoms with E-state index in [1.165, 1.54) is 6.26 Å². The summed E-state index contributed by atoms with van der Waals surface area (Å²) in [5.41, 5.74) is 1.30. The van der Waals surface area contributed by atoms with Crippen molar-refractivity contribution in [1.82, 2.24) is 0 Å². The zero-order chi connectivity index (χ0) is 22.8. The molecule has 1 N–H and O–H groups in total. The molecule has 32 heavy (non-hydrogen) atoms. The molecule has 0 aliphatic carbocycles. The molecule has 0 radical (unpaired) electrons. The van der Waals surface area contributed by atoms with Gasteiger partial charge in [0.05, 0.1) is 35.5 Å². The first-order chi connectivity index (χ1) is 15.1. The van der Waals surface area contributed by atoms with Gasteiger partial charge >= 0.3 is 0 Å². The molecule has 6 heteroatoms. The minimum absolute atomic E-state index is 0.133. The Kier molecular flexibility index (Phi) is 4.43. The maximum Gasteiger partial charge on any atom is 0.204 e. The third kappa shape index (κ3) is 3.17. The van der Waals surface area contributed by atoms with E-state index in [2.05, 4.69) is 0 Å². The third-order valence-corrected chi connectivity index (χ3v) is 6.10. The van der Waals surface area contributed by atoms with E-state index in [9.17, 15) is 9.90 Å². The van der Waals surface area contributed by atoms with E-state index in [-0.39, 0.29) is 28.3 Å². The summed E-state index contributed by atoms with van der Waals surface area (Å²) in [6, 6.07) is 7.13. The number of hydrogen-bond donors (Lipinski definition) is 1. The number of ether oxygens (including phenoxy) is 3. The first-order valence-electron chi connectivity index (χ1n) is 10.6. The topological polar surface area (TPSA) is 78.1 Å². The van der Waals surface area contributed by atoms with Crippen LogP contribution in [0.15, 0.2) is 45.8 Å². The highest BCUT2D eigenvalue weighted by atomic mass is 16.5. The highest BCUT2D eigenvalue weighted by molar-refractivity contribution is 5.97. The average Bonchev–Trinajstić information content (AvgIpc) is 2.72. The maximum atomic E-state index is 13.6. The molecule has 1 fully saturated rings. The van der Waals surface area contributed by atoms with Gasteiger partial charge in [0.25, 0.3) is 0 Å². The molecule has 6 nitrogen and oxygen atoms in total. The molecule has 2 aliphatic rings. The van der Waals surface area contributed by atoms with Crippen molar-refractivity contribution < 1.29 is 23.7 Å². The lowest BCUT2D eigenvalue weighted by atomic mass is 9.85. The molecule has 1 saturated heterocycles. The standard InChI is InChI=1S/C26H26O6/c1-25(2)11-10-16-23-20(22(28)19(24(16)32-25)18-12-26(3,4)31-18)21(27)17(13-30-23)14-6-8-15(29-5)9-7-14/h6-11,13,18,28H,12H2,1-5H3. The summed E-state index contributed by atoms with van der Waals surface area (Å²) in [6.07, 6.45) is 5.58. The Bertz CT molecular complexity index is 1300. The SMILES string of the molecule is COc1ccc(-c2coc3c4c(c(C5CC(C)(C)O5)c(O)c3c2=O)OC(C)(C)C=C4)cc1. The van der Waals surface area contributed by atoms with E-state index in [4.69, 9.17) is 18.6 Å². The van der Waals surface area contributed by atoms with Crippen molar-refractivity contribution in [2.24, 2.45) is 0 Å². The predicted octanol–water partition coefficient (Wildman–Crippen LogP) is 5.60. The smallest absolute Gasteiger partial charge is 0.204 e. The van der Waals surface area contributed by atoms with E-state index < -0.39 is 5.60 Å². The maximum absolute atomic E-state index is 13.6. The van der Waals surface area contributed by atoms with Crippen molar-refractivity contribution in [1.29, 1.82) is 0 Å². The van der Waals surface area contributed by atoms with Crippen LogP contribution >= 0.6 is 0 Å². The van der Waals surface area contributed by atoms with Gasteiger partial charge in [-0.25, -0.2) is 0 Å². The minimum atomic E-state index is -0.565. The number of aromatic hydroxyl groups is 1. The number of hydrogen-bond acceptors (Lipinski definition) is 6. The molecule has 2 aliphatic heterocycles. The third-order valence-electron chi connectivity index (χ3n) is 6.10. The van der Waals surface area contributed by atoms with Crippen LogP contribution in [0.2, 0.25) is 0 Å². The van der Waals surface area contributed by atoms with Crippen molar-refractivity contribution in [3.8, 4) is 28.4 Å². The molecule has 3 heterocycles. The van der Waals surface area contributed by atoms with Crippen LogP contribution in [0.1, 0.15) is 51.3 Å². The quantitative estimate of drug-likeness (QED) is 0.578. The molecule has 0 saturated carbocycles. The van der Waals surface area contributed by atoms with Crippen LogP contribution in [0.3, 0.4) is 0 Å². The van der Waals surface area contributed by atoms with Gasteiger partial charge < -0.3 is 23.7 Å². The summed E-state index contributed by atoms with van der Waals surface area (Å²) in [5, 5.41) is 11.5. The molecule has 0 spiro atoms. The van der Waals surface area contributed by atoms with Gasteiger partial charge in [0.1, 0.15) is 34.5 Å². The van der Waals surface area contributed by atoms with Crippen molar-refractivity contribution in [2.45, 2.75) is 51.4 Å². The lowest BCUT2D eigenvalue weighted by molar-refractivity contribution is -0.189. The monoisotopic (exact) mass is 434 g/mol. The Morgan fingerprint density at radius 3 is 2.44 bits per heavy atom. The Hall–Kier alpha value is -3.25. The van der Waals surface area contributed by atoms with Crippen LogP contribution in [0, 0.1) is 0 Å². The lowest BCUT2D eigenvalue weighted by Crippen LogP contribution is -2.40. The van der Waals surface area contributed by atoms with E-state index in [0.717, 1.165) is 0 Å². The summed E-state index contributed by atoms with van der Waals surface area (Å²) < 4.78 is 23.4. The van der Waals surface area contributed by atoms with Gasteiger partial charge in [-0.05, 0) is 57.5 Å². The first-order valence-corrected chi connectivity index (χ1v) is 10.6. The van der Waals surface area contributed by atoms with Gasteiger partial charge in [-0.2, -0.15) is 0 Å². The van der Waals surface area contributed by atoms with Gasteiger partial charge in [0, 0.05) is 6.42 Å². The fourth-order valence-electron chi connectivity index (χ4n) is 4.47. The molecule has 0 bridgehead atoms. The van der Waals surface area contributed by atoms with E-state index >= 15 is 0 Å². The van der Waals surface area contributed by atoms with Gasteiger partial charge in [0.2, 0.25) is 5.43 Å². The minimum Gasteiger partial charge on any atom is -0.506 e. The molecule has 166 valence electrons. The number of phenols is 1. The van der Waals surface area contributed by atoms with Gasteiger partial charge in [0.15, 0.2) is 5.58 Å². The molecule has 5 rings (SSSR count). The molecular formula is C26H26O6. The van der Waals surface area contributed by atoms with E-state index in [0.29, 0.717) is 45.8 Å². The van der Waals surface area contributed by atoms with Gasteiger partial charge in [-0.15, -0.1) is 0 Å². The van der Waals surface area contributed by atoms with Gasteiger partial charge in [-0.3, -0.25) is 4.79 Å². The second-order valence-corrected chi connectivity index (χ2v) is 9.53. The first kappa shape index (κ1) is 20.6. The highest BCUT2D eigenvalue weighted by Gasteiger charge is 2.43. The normalized spacial score (nSPS) is 20.3. The van der Waals surface area contributed by atoms with E-state index in [1.54, 1.807) is 31.4 Å². The van der Waals surface area contributed by atoms with Crippen LogP contribution < -0.4 is 14.9 Å². The van der Waals surface area contributed by atoms with E-state index in [1.807, 2.05) is 39.8 Å². The van der Waals surface area contributed by atoms with Crippen LogP contribution in [-0.2, 0) is 4.74 Å². The summed E-state index contributed by atoms with van der Waals surface area (Å²) in [6.45, 7) is 7.86. The number of fused-ring (bicyclic) bond motifs is 3. The highest BCUT2D eigenvalue weighted by Crippen LogP contribution is 2.53. The molecule has 1 atom stereocenters. The molecule has 1 aromatic heterocycles. The summed E-state index contributed by atoms with van der Waals surface area (Å²) in [5.74, 6) is 1.05. The van der Waals surface area contributed by atoms with Crippen molar-refractivity contribution in [2.75, 3.05) is 7.11 Å². The Morgan fingerprint density at radius 1 is 1.12 bits per heavy atom. The molecule has 1 unspecified atom stereocenters. The Labute approximate surface area is 186 Å². The van der Waals surface area contributed by atoms with Crippen LogP contribution in [-0.4, -0.2) is 23.4 Å². The zero-order valence-electron chi connectivity index (χ0n) is 18.8. The number of methoxy groups -OCH3 is 1. The Balaban J connectivity index is 1.77. The van der Waals surface area contributed by atoms with Crippen molar-refractivity contribution in [3.05, 3.63) is 58.0 Å². The lowest BCUT2D eigenvalue weighted by Gasteiger charge is -2.44. The molecule has 3 aromatic rings. The average molecular weight is 434 g/mol. The summed E-state index contributed by atoms with van der Waals surface area (Å²) >= 11 is 0. The predicted molar refractivity (Wildman–Crippen MR) is 122 cm³/mol. The Morgan fingerprint density at radius 2 is 1.81 bits per heavy atom. The van der Waals surface area contributed by atoms with Crippen molar-refractivity contribution in [3.63, 3.8) is 0 Å². The fourth-order valence-corrected chi connectivity index (χ4v) is 4.47. The van der Waals surface area contributed by atoms with Crippen LogP contribution in [0.5, 0.6) is 17.2 Å². The van der Waals surface area contributed by atoms with Crippen LogP contribution in [0.4, 0.5) is 0 Å². The number of rotatable bonds is 3. The largest absolute Gasteiger partial charge is 0.506 e. The summed E-state index contributed by atoms with van der Waals surface area (Å²) in [4.78, 5) is 13.6. The number of phenolic OH excluding ortho intramolecular Hbond substituents is 1. The zero-order valence-corrected chi connectivity index (χ0v) is 18.8. The summed E-state index contributed by atoms with van der Waals surface area (Å²) in [7, 11) is 1.59. The molecular weight excluding hydrogens is 408 g/mol.